The molecule has 0 N–H and O–H groups in total. The molecule has 2 unspecified atom stereocenters. The van der Waals surface area contributed by atoms with Crippen molar-refractivity contribution in [2.45, 2.75) is 18.8 Å². The molecule has 3 aliphatic carbocycles. The highest BCUT2D eigenvalue weighted by Crippen LogP contribution is 2.61. The fourth-order valence-electron chi connectivity index (χ4n) is 7.61. The van der Waals surface area contributed by atoms with Gasteiger partial charge in [0.05, 0.1) is 28.7 Å². The van der Waals surface area contributed by atoms with E-state index in [9.17, 15) is 24.0 Å². The zero-order chi connectivity index (χ0) is 33.8. The lowest BCUT2D eigenvalue weighted by Gasteiger charge is -2.45. The molecule has 9 rings (SSSR count). The third kappa shape index (κ3) is 4.95. The number of anilines is 1. The van der Waals surface area contributed by atoms with E-state index >= 15 is 0 Å². The largest absolute Gasteiger partial charge is 0.454 e. The van der Waals surface area contributed by atoms with Gasteiger partial charge in [-0.2, -0.15) is 0 Å². The summed E-state index contributed by atoms with van der Waals surface area (Å²) in [4.78, 5) is 68.5. The number of para-hydroxylation sites is 1. The van der Waals surface area contributed by atoms with E-state index in [0.29, 0.717) is 5.56 Å². The standard InChI is InChI=1S/C41H29NO7/c1-23-14-16-25(17-15-23)40(46)49-26-20-18-24(19-21-26)33(43)22-48-41(47)31-12-6-7-13-32(31)42-38(44)36-34-27-8-2-3-9-28(27)35(37(36)39(42)45)30-11-5-4-10-29(30)34/h2-21,34-37H,22H2,1H3. The van der Waals surface area contributed by atoms with Crippen LogP contribution in [0.3, 0.4) is 0 Å². The summed E-state index contributed by atoms with van der Waals surface area (Å²) in [6.07, 6.45) is 0. The fourth-order valence-corrected chi connectivity index (χ4v) is 7.61. The van der Waals surface area contributed by atoms with Crippen molar-refractivity contribution >= 4 is 35.2 Å². The molecular formula is C41H29NO7. The van der Waals surface area contributed by atoms with Crippen LogP contribution in [0.15, 0.2) is 121 Å². The van der Waals surface area contributed by atoms with Crippen LogP contribution < -0.4 is 9.64 Å². The monoisotopic (exact) mass is 647 g/mol. The van der Waals surface area contributed by atoms with Gasteiger partial charge in [0, 0.05) is 17.4 Å². The number of rotatable bonds is 7. The average Bonchev–Trinajstić information content (AvgIpc) is 3.40. The summed E-state index contributed by atoms with van der Waals surface area (Å²) in [5.41, 5.74) is 6.03. The smallest absolute Gasteiger partial charge is 0.343 e. The normalized spacial score (nSPS) is 19.9. The highest BCUT2D eigenvalue weighted by atomic mass is 16.5. The fraction of sp³-hybridized carbons (Fsp3) is 0.146. The first-order valence-electron chi connectivity index (χ1n) is 16.1. The van der Waals surface area contributed by atoms with E-state index in [-0.39, 0.29) is 46.2 Å². The summed E-state index contributed by atoms with van der Waals surface area (Å²) in [5, 5.41) is 0. The molecule has 2 atom stereocenters. The molecule has 5 aromatic rings. The highest BCUT2D eigenvalue weighted by molar-refractivity contribution is 6.25. The van der Waals surface area contributed by atoms with Gasteiger partial charge in [-0.3, -0.25) is 14.4 Å². The molecule has 1 heterocycles. The predicted octanol–water partition coefficient (Wildman–Crippen LogP) is 6.65. The molecule has 0 aromatic heterocycles. The number of esters is 2. The molecule has 2 bridgehead atoms. The Hall–Kier alpha value is -6.15. The van der Waals surface area contributed by atoms with Gasteiger partial charge >= 0.3 is 11.9 Å². The van der Waals surface area contributed by atoms with E-state index in [0.717, 1.165) is 32.7 Å². The summed E-state index contributed by atoms with van der Waals surface area (Å²) in [7, 11) is 0. The highest BCUT2D eigenvalue weighted by Gasteiger charge is 2.62. The minimum absolute atomic E-state index is 0.0105. The molecule has 8 nitrogen and oxygen atoms in total. The number of nitrogens with zero attached hydrogens (tertiary/aromatic N) is 1. The molecule has 0 radical (unpaired) electrons. The number of ether oxygens (including phenoxy) is 2. The maximum Gasteiger partial charge on any atom is 0.343 e. The molecule has 240 valence electrons. The van der Waals surface area contributed by atoms with Gasteiger partial charge in [0.25, 0.3) is 0 Å². The molecule has 49 heavy (non-hydrogen) atoms. The Morgan fingerprint density at radius 1 is 0.592 bits per heavy atom. The topological polar surface area (TPSA) is 107 Å². The lowest BCUT2D eigenvalue weighted by Crippen LogP contribution is -2.41. The van der Waals surface area contributed by atoms with E-state index < -0.39 is 36.2 Å². The molecule has 0 spiro atoms. The number of amides is 2. The lowest BCUT2D eigenvalue weighted by atomic mass is 9.55. The second-order valence-corrected chi connectivity index (χ2v) is 12.6. The molecule has 5 aromatic carbocycles. The molecule has 1 aliphatic heterocycles. The second-order valence-electron chi connectivity index (χ2n) is 12.6. The van der Waals surface area contributed by atoms with Gasteiger partial charge in [-0.15, -0.1) is 0 Å². The average molecular weight is 648 g/mol. The summed E-state index contributed by atoms with van der Waals surface area (Å²) in [6.45, 7) is 1.35. The molecular weight excluding hydrogens is 618 g/mol. The Kier molecular flexibility index (Phi) is 7.29. The quantitative estimate of drug-likeness (QED) is 0.0843. The SMILES string of the molecule is Cc1ccc(C(=O)Oc2ccc(C(=O)COC(=O)c3ccccc3N3C(=O)C4C5c6ccccc6C(c6ccccc65)C4C3=O)cc2)cc1. The molecule has 4 aliphatic rings. The maximum atomic E-state index is 14.2. The number of aryl methyl sites for hydroxylation is 1. The number of carbonyl (C=O) groups excluding carboxylic acids is 5. The van der Waals surface area contributed by atoms with Crippen molar-refractivity contribution in [3.8, 4) is 5.75 Å². The number of ketones is 1. The number of benzene rings is 5. The van der Waals surface area contributed by atoms with Gasteiger partial charge in [0.1, 0.15) is 5.75 Å². The zero-order valence-electron chi connectivity index (χ0n) is 26.4. The second kappa shape index (κ2) is 11.8. The van der Waals surface area contributed by atoms with Gasteiger partial charge in [0.2, 0.25) is 11.8 Å². The van der Waals surface area contributed by atoms with Gasteiger partial charge in [-0.05, 0) is 77.7 Å². The van der Waals surface area contributed by atoms with Gasteiger partial charge in [-0.1, -0.05) is 78.4 Å². The van der Waals surface area contributed by atoms with Gasteiger partial charge in [0.15, 0.2) is 12.4 Å². The van der Waals surface area contributed by atoms with E-state index in [1.807, 2.05) is 67.6 Å². The van der Waals surface area contributed by atoms with Crippen molar-refractivity contribution in [1.29, 1.82) is 0 Å². The number of carbonyl (C=O) groups is 5. The van der Waals surface area contributed by atoms with E-state index in [2.05, 4.69) is 0 Å². The van der Waals surface area contributed by atoms with Crippen LogP contribution in [0.2, 0.25) is 0 Å². The van der Waals surface area contributed by atoms with Crippen LogP contribution >= 0.6 is 0 Å². The number of hydrogen-bond acceptors (Lipinski definition) is 7. The van der Waals surface area contributed by atoms with Crippen molar-refractivity contribution < 1.29 is 33.4 Å². The zero-order valence-corrected chi connectivity index (χ0v) is 26.4. The molecule has 0 saturated carbocycles. The maximum absolute atomic E-state index is 14.2. The number of Topliss-reactive ketones (excluding diaryl/α,β-unsaturated/α-hetero) is 1. The van der Waals surface area contributed by atoms with Gasteiger partial charge < -0.3 is 9.47 Å². The number of imide groups is 1. The molecule has 8 heteroatoms. The van der Waals surface area contributed by atoms with Crippen LogP contribution in [0.25, 0.3) is 0 Å². The molecule has 1 saturated heterocycles. The van der Waals surface area contributed by atoms with Crippen molar-refractivity contribution in [2.24, 2.45) is 11.8 Å². The minimum Gasteiger partial charge on any atom is -0.454 e. The van der Waals surface area contributed by atoms with E-state index in [1.165, 1.54) is 30.3 Å². The first-order valence-corrected chi connectivity index (χ1v) is 16.1. The summed E-state index contributed by atoms with van der Waals surface area (Å²) in [6, 6.07) is 35.2. The van der Waals surface area contributed by atoms with Crippen LogP contribution in [0.5, 0.6) is 5.75 Å². The molecule has 1 fully saturated rings. The van der Waals surface area contributed by atoms with Crippen LogP contribution in [0.4, 0.5) is 5.69 Å². The van der Waals surface area contributed by atoms with Crippen molar-refractivity contribution in [2.75, 3.05) is 11.5 Å². The Morgan fingerprint density at radius 2 is 1.08 bits per heavy atom. The van der Waals surface area contributed by atoms with Crippen LogP contribution in [-0.4, -0.2) is 36.1 Å². The third-order valence-electron chi connectivity index (χ3n) is 9.82. The van der Waals surface area contributed by atoms with Crippen LogP contribution in [0.1, 0.15) is 70.7 Å². The summed E-state index contributed by atoms with van der Waals surface area (Å²) in [5.74, 6) is -4.06. The minimum atomic E-state index is -0.836. The Labute approximate surface area is 281 Å². The Morgan fingerprint density at radius 3 is 1.63 bits per heavy atom. The first-order chi connectivity index (χ1) is 23.8. The van der Waals surface area contributed by atoms with Crippen LogP contribution in [0, 0.1) is 18.8 Å². The predicted molar refractivity (Wildman–Crippen MR) is 180 cm³/mol. The van der Waals surface area contributed by atoms with E-state index in [4.69, 9.17) is 9.47 Å². The van der Waals surface area contributed by atoms with Crippen LogP contribution in [-0.2, 0) is 14.3 Å². The van der Waals surface area contributed by atoms with Gasteiger partial charge in [-0.25, -0.2) is 14.5 Å². The van der Waals surface area contributed by atoms with E-state index in [1.54, 1.807) is 30.3 Å². The summed E-state index contributed by atoms with van der Waals surface area (Å²) >= 11 is 0. The number of hydrogen-bond donors (Lipinski definition) is 0. The van der Waals surface area contributed by atoms with Crippen molar-refractivity contribution in [1.82, 2.24) is 0 Å². The third-order valence-corrected chi connectivity index (χ3v) is 9.82. The Balaban J connectivity index is 0.992. The molecule has 2 amide bonds. The summed E-state index contributed by atoms with van der Waals surface area (Å²) < 4.78 is 10.8. The Bertz CT molecular complexity index is 2070. The van der Waals surface area contributed by atoms with Crippen molar-refractivity contribution in [3.05, 3.63) is 166 Å². The lowest BCUT2D eigenvalue weighted by molar-refractivity contribution is -0.122. The first kappa shape index (κ1) is 30.2. The van der Waals surface area contributed by atoms with Crippen molar-refractivity contribution in [3.63, 3.8) is 0 Å².